The van der Waals surface area contributed by atoms with Gasteiger partial charge < -0.3 is 10.4 Å². The van der Waals surface area contributed by atoms with Crippen LogP contribution in [0.2, 0.25) is 0 Å². The van der Waals surface area contributed by atoms with Gasteiger partial charge in [-0.25, -0.2) is 9.78 Å². The second kappa shape index (κ2) is 5.79. The number of carbonyl (C=O) groups is 1. The topological polar surface area (TPSA) is 75.1 Å². The highest BCUT2D eigenvalue weighted by molar-refractivity contribution is 7.09. The van der Waals surface area contributed by atoms with Gasteiger partial charge in [0.1, 0.15) is 5.56 Å². The van der Waals surface area contributed by atoms with Gasteiger partial charge in [0.15, 0.2) is 0 Å². The van der Waals surface area contributed by atoms with Gasteiger partial charge in [0.2, 0.25) is 0 Å². The van der Waals surface area contributed by atoms with Gasteiger partial charge in [0, 0.05) is 30.2 Å². The van der Waals surface area contributed by atoms with Crippen LogP contribution in [0.25, 0.3) is 0 Å². The minimum Gasteiger partial charge on any atom is -0.478 e. The van der Waals surface area contributed by atoms with Crippen molar-refractivity contribution in [3.05, 3.63) is 39.6 Å². The summed E-state index contributed by atoms with van der Waals surface area (Å²) in [5.74, 6) is -0.973. The van der Waals surface area contributed by atoms with Crippen molar-refractivity contribution in [1.82, 2.24) is 9.97 Å². The Morgan fingerprint density at radius 2 is 2.26 bits per heavy atom. The van der Waals surface area contributed by atoms with Gasteiger partial charge in [-0.15, -0.1) is 11.3 Å². The highest BCUT2D eigenvalue weighted by Gasteiger charge is 2.10. The molecule has 0 unspecified atom stereocenters. The lowest BCUT2D eigenvalue weighted by Gasteiger charge is -2.09. The number of rotatable bonds is 5. The molecule has 0 spiro atoms. The molecule has 0 aromatic carbocycles. The highest BCUT2D eigenvalue weighted by Crippen LogP contribution is 2.16. The van der Waals surface area contributed by atoms with Crippen LogP contribution in [-0.2, 0) is 6.42 Å². The number of carboxylic acid groups (broad SMARTS) is 1. The molecule has 2 N–H and O–H groups in total. The summed E-state index contributed by atoms with van der Waals surface area (Å²) in [5, 5.41) is 15.3. The number of nitrogens with zero attached hydrogens (tertiary/aromatic N) is 2. The predicted octanol–water partition coefficient (Wildman–Crippen LogP) is 2.51. The Kier molecular flexibility index (Phi) is 4.11. The number of aromatic carboxylic acids is 1. The lowest BCUT2D eigenvalue weighted by Crippen LogP contribution is -2.10. The van der Waals surface area contributed by atoms with Crippen LogP contribution < -0.4 is 5.32 Å². The lowest BCUT2D eigenvalue weighted by molar-refractivity contribution is 0.0697. The first-order valence-electron chi connectivity index (χ1n) is 5.91. The standard InChI is InChI=1S/C13H15N3O2S/c1-8-5-12(11(6-15-8)13(17)18)14-4-3-10-7-19-9(2)16-10/h5-7H,3-4H2,1-2H3,(H,14,15)(H,17,18). The van der Waals surface area contributed by atoms with Gasteiger partial charge in [-0.1, -0.05) is 0 Å². The molecule has 100 valence electrons. The smallest absolute Gasteiger partial charge is 0.339 e. The molecule has 19 heavy (non-hydrogen) atoms. The lowest BCUT2D eigenvalue weighted by atomic mass is 10.2. The van der Waals surface area contributed by atoms with E-state index in [0.29, 0.717) is 12.2 Å². The molecular weight excluding hydrogens is 262 g/mol. The first-order chi connectivity index (χ1) is 9.06. The van der Waals surface area contributed by atoms with Crippen LogP contribution in [-0.4, -0.2) is 27.6 Å². The number of aryl methyl sites for hydroxylation is 2. The molecule has 0 saturated heterocycles. The Labute approximate surface area is 115 Å². The summed E-state index contributed by atoms with van der Waals surface area (Å²) in [6.45, 7) is 4.45. The van der Waals surface area contributed by atoms with E-state index in [4.69, 9.17) is 5.11 Å². The Balaban J connectivity index is 2.02. The third-order valence-corrected chi connectivity index (χ3v) is 3.46. The molecule has 6 heteroatoms. The van der Waals surface area contributed by atoms with E-state index < -0.39 is 5.97 Å². The quantitative estimate of drug-likeness (QED) is 0.878. The second-order valence-electron chi connectivity index (χ2n) is 4.21. The molecule has 0 fully saturated rings. The number of pyridine rings is 1. The van der Waals surface area contributed by atoms with E-state index in [-0.39, 0.29) is 5.56 Å². The van der Waals surface area contributed by atoms with Crippen molar-refractivity contribution in [1.29, 1.82) is 0 Å². The van der Waals surface area contributed by atoms with Gasteiger partial charge in [0.25, 0.3) is 0 Å². The van der Waals surface area contributed by atoms with Crippen LogP contribution in [0.3, 0.4) is 0 Å². The first kappa shape index (κ1) is 13.5. The third-order valence-electron chi connectivity index (χ3n) is 2.63. The Morgan fingerprint density at radius 1 is 1.47 bits per heavy atom. The molecule has 0 atom stereocenters. The maximum absolute atomic E-state index is 11.1. The average Bonchev–Trinajstić information content (AvgIpc) is 2.75. The number of hydrogen-bond acceptors (Lipinski definition) is 5. The van der Waals surface area contributed by atoms with E-state index in [1.807, 2.05) is 19.2 Å². The maximum Gasteiger partial charge on any atom is 0.339 e. The van der Waals surface area contributed by atoms with Crippen molar-refractivity contribution in [2.75, 3.05) is 11.9 Å². The van der Waals surface area contributed by atoms with E-state index in [2.05, 4.69) is 15.3 Å². The summed E-state index contributed by atoms with van der Waals surface area (Å²) >= 11 is 1.62. The third kappa shape index (κ3) is 3.51. The van der Waals surface area contributed by atoms with Crippen LogP contribution in [0.4, 0.5) is 5.69 Å². The van der Waals surface area contributed by atoms with Gasteiger partial charge in [-0.05, 0) is 19.9 Å². The molecule has 5 nitrogen and oxygen atoms in total. The van der Waals surface area contributed by atoms with Crippen molar-refractivity contribution >= 4 is 23.0 Å². The largest absolute Gasteiger partial charge is 0.478 e. The molecule has 2 rings (SSSR count). The normalized spacial score (nSPS) is 10.4. The molecule has 2 heterocycles. The van der Waals surface area contributed by atoms with Crippen molar-refractivity contribution in [3.63, 3.8) is 0 Å². The number of anilines is 1. The van der Waals surface area contributed by atoms with E-state index in [9.17, 15) is 4.79 Å². The molecule has 0 amide bonds. The van der Waals surface area contributed by atoms with Crippen LogP contribution >= 0.6 is 11.3 Å². The Bertz CT molecular complexity index is 595. The molecular formula is C13H15N3O2S. The monoisotopic (exact) mass is 277 g/mol. The molecule has 0 bridgehead atoms. The van der Waals surface area contributed by atoms with Crippen molar-refractivity contribution in [3.8, 4) is 0 Å². The fourth-order valence-corrected chi connectivity index (χ4v) is 2.37. The summed E-state index contributed by atoms with van der Waals surface area (Å²) < 4.78 is 0. The zero-order chi connectivity index (χ0) is 13.8. The summed E-state index contributed by atoms with van der Waals surface area (Å²) in [5.41, 5.74) is 2.61. The predicted molar refractivity (Wildman–Crippen MR) is 75.0 cm³/mol. The summed E-state index contributed by atoms with van der Waals surface area (Å²) in [4.78, 5) is 19.4. The fraction of sp³-hybridized carbons (Fsp3) is 0.308. The molecule has 2 aromatic heterocycles. The first-order valence-corrected chi connectivity index (χ1v) is 6.79. The second-order valence-corrected chi connectivity index (χ2v) is 5.27. The summed E-state index contributed by atoms with van der Waals surface area (Å²) in [7, 11) is 0. The zero-order valence-corrected chi connectivity index (χ0v) is 11.6. The van der Waals surface area contributed by atoms with Crippen LogP contribution in [0.1, 0.15) is 26.8 Å². The van der Waals surface area contributed by atoms with E-state index >= 15 is 0 Å². The molecule has 0 saturated carbocycles. The summed E-state index contributed by atoms with van der Waals surface area (Å²) in [6, 6.07) is 1.75. The molecule has 0 aliphatic carbocycles. The Morgan fingerprint density at radius 3 is 2.89 bits per heavy atom. The van der Waals surface area contributed by atoms with Gasteiger partial charge >= 0.3 is 5.97 Å². The number of aromatic nitrogens is 2. The SMILES string of the molecule is Cc1cc(NCCc2csc(C)n2)c(C(=O)O)cn1. The fourth-order valence-electron chi connectivity index (χ4n) is 1.72. The average molecular weight is 277 g/mol. The van der Waals surface area contributed by atoms with Crippen LogP contribution in [0.5, 0.6) is 0 Å². The van der Waals surface area contributed by atoms with E-state index in [0.717, 1.165) is 22.8 Å². The van der Waals surface area contributed by atoms with Gasteiger partial charge in [0.05, 0.1) is 16.4 Å². The minimum atomic E-state index is -0.973. The van der Waals surface area contributed by atoms with E-state index in [1.54, 1.807) is 17.4 Å². The van der Waals surface area contributed by atoms with Crippen LogP contribution in [0, 0.1) is 13.8 Å². The molecule has 0 aliphatic rings. The van der Waals surface area contributed by atoms with Crippen molar-refractivity contribution < 1.29 is 9.90 Å². The Hall–Kier alpha value is -1.95. The zero-order valence-electron chi connectivity index (χ0n) is 10.8. The summed E-state index contributed by atoms with van der Waals surface area (Å²) in [6.07, 6.45) is 2.15. The highest BCUT2D eigenvalue weighted by atomic mass is 32.1. The van der Waals surface area contributed by atoms with Gasteiger partial charge in [-0.3, -0.25) is 4.98 Å². The van der Waals surface area contributed by atoms with Gasteiger partial charge in [-0.2, -0.15) is 0 Å². The van der Waals surface area contributed by atoms with Crippen LogP contribution in [0.15, 0.2) is 17.6 Å². The molecule has 2 aromatic rings. The maximum atomic E-state index is 11.1. The minimum absolute atomic E-state index is 0.194. The number of hydrogen-bond donors (Lipinski definition) is 2. The number of thiazole rings is 1. The van der Waals surface area contributed by atoms with Crippen molar-refractivity contribution in [2.24, 2.45) is 0 Å². The number of nitrogens with one attached hydrogen (secondary N) is 1. The van der Waals surface area contributed by atoms with E-state index in [1.165, 1.54) is 6.20 Å². The van der Waals surface area contributed by atoms with Crippen molar-refractivity contribution in [2.45, 2.75) is 20.3 Å². The number of carboxylic acids is 1. The molecule has 0 aliphatic heterocycles. The molecule has 0 radical (unpaired) electrons.